The lowest BCUT2D eigenvalue weighted by Crippen LogP contribution is -2.34. The maximum atomic E-state index is 13.6. The molecule has 31 heavy (non-hydrogen) atoms. The van der Waals surface area contributed by atoms with E-state index in [1.165, 1.54) is 12.1 Å². The number of nitrogens with zero attached hydrogens (tertiary/aromatic N) is 5. The molecule has 5 rings (SSSR count). The maximum Gasteiger partial charge on any atom is 0.228 e. The maximum absolute atomic E-state index is 13.6. The zero-order valence-electron chi connectivity index (χ0n) is 17.7. The van der Waals surface area contributed by atoms with Crippen LogP contribution in [-0.4, -0.2) is 32.8 Å². The van der Waals surface area contributed by atoms with Crippen molar-refractivity contribution in [2.45, 2.75) is 26.7 Å². The van der Waals surface area contributed by atoms with E-state index in [9.17, 15) is 4.39 Å². The molecule has 1 fully saturated rings. The first kappa shape index (κ1) is 19.5. The minimum absolute atomic E-state index is 0.289. The van der Waals surface area contributed by atoms with Crippen LogP contribution in [0, 0.1) is 18.7 Å². The van der Waals surface area contributed by atoms with Gasteiger partial charge in [0.2, 0.25) is 5.95 Å². The van der Waals surface area contributed by atoms with Crippen molar-refractivity contribution in [2.75, 3.05) is 23.7 Å². The summed E-state index contributed by atoms with van der Waals surface area (Å²) in [7, 11) is 0. The standard InChI is InChI=1S/C24H25FN6/c1-15-10-12-30(13-11-15)24-27-21(17-6-8-18(25)9-7-17)20-22(26)31(29-23(20)28-24)19-5-3-4-16(2)14-19/h3-9,14-15H,10-13,26H2,1-2H3. The number of fused-ring (bicyclic) bond motifs is 1. The minimum atomic E-state index is -0.289. The van der Waals surface area contributed by atoms with Crippen LogP contribution in [0.1, 0.15) is 25.3 Å². The molecule has 0 saturated carbocycles. The molecule has 4 aromatic rings. The zero-order valence-corrected chi connectivity index (χ0v) is 17.7. The van der Waals surface area contributed by atoms with E-state index in [1.807, 2.05) is 31.2 Å². The number of rotatable bonds is 3. The first-order chi connectivity index (χ1) is 15.0. The molecule has 1 saturated heterocycles. The van der Waals surface area contributed by atoms with Gasteiger partial charge in [-0.05, 0) is 67.6 Å². The third kappa shape index (κ3) is 3.60. The minimum Gasteiger partial charge on any atom is -0.383 e. The van der Waals surface area contributed by atoms with Crippen LogP contribution in [0.15, 0.2) is 48.5 Å². The van der Waals surface area contributed by atoms with E-state index in [4.69, 9.17) is 20.8 Å². The monoisotopic (exact) mass is 416 g/mol. The van der Waals surface area contributed by atoms with Crippen molar-refractivity contribution in [3.63, 3.8) is 0 Å². The van der Waals surface area contributed by atoms with Gasteiger partial charge < -0.3 is 10.6 Å². The van der Waals surface area contributed by atoms with Gasteiger partial charge in [0, 0.05) is 18.7 Å². The molecule has 0 bridgehead atoms. The van der Waals surface area contributed by atoms with Crippen molar-refractivity contribution in [3.8, 4) is 16.9 Å². The summed E-state index contributed by atoms with van der Waals surface area (Å²) in [4.78, 5) is 11.9. The molecule has 0 amide bonds. The number of anilines is 2. The van der Waals surface area contributed by atoms with Crippen LogP contribution >= 0.6 is 0 Å². The summed E-state index contributed by atoms with van der Waals surface area (Å²) in [5.41, 5.74) is 10.6. The van der Waals surface area contributed by atoms with Crippen molar-refractivity contribution >= 4 is 22.8 Å². The highest BCUT2D eigenvalue weighted by Gasteiger charge is 2.23. The fraction of sp³-hybridized carbons (Fsp3) is 0.292. The fourth-order valence-electron chi connectivity index (χ4n) is 4.12. The topological polar surface area (TPSA) is 72.9 Å². The Labute approximate surface area is 180 Å². The van der Waals surface area contributed by atoms with E-state index in [1.54, 1.807) is 16.8 Å². The van der Waals surface area contributed by atoms with Gasteiger partial charge in [0.25, 0.3) is 0 Å². The number of piperidine rings is 1. The molecule has 0 atom stereocenters. The fourth-order valence-corrected chi connectivity index (χ4v) is 4.12. The number of hydrogen-bond donors (Lipinski definition) is 1. The molecular formula is C24H25FN6. The SMILES string of the molecule is Cc1cccc(-n2nc3nc(N4CCC(C)CC4)nc(-c4ccc(F)cc4)c3c2N)c1. The number of aromatic nitrogens is 4. The summed E-state index contributed by atoms with van der Waals surface area (Å²) in [6.07, 6.45) is 2.21. The third-order valence-electron chi connectivity index (χ3n) is 5.99. The number of halogens is 1. The van der Waals surface area contributed by atoms with Crippen LogP contribution in [0.25, 0.3) is 28.0 Å². The van der Waals surface area contributed by atoms with Gasteiger partial charge in [-0.25, -0.2) is 14.1 Å². The number of nitrogens with two attached hydrogens (primary N) is 1. The summed E-state index contributed by atoms with van der Waals surface area (Å²) in [5.74, 6) is 1.53. The molecule has 1 aliphatic heterocycles. The van der Waals surface area contributed by atoms with E-state index < -0.39 is 0 Å². The lowest BCUT2D eigenvalue weighted by molar-refractivity contribution is 0.435. The first-order valence-electron chi connectivity index (χ1n) is 10.6. The number of benzene rings is 2. The average molecular weight is 417 g/mol. The van der Waals surface area contributed by atoms with Gasteiger partial charge >= 0.3 is 0 Å². The van der Waals surface area contributed by atoms with E-state index >= 15 is 0 Å². The normalized spacial score (nSPS) is 15.0. The summed E-state index contributed by atoms with van der Waals surface area (Å²) in [6.45, 7) is 6.12. The molecule has 0 unspecified atom stereocenters. The third-order valence-corrected chi connectivity index (χ3v) is 5.99. The van der Waals surface area contributed by atoms with Crippen molar-refractivity contribution < 1.29 is 4.39 Å². The van der Waals surface area contributed by atoms with E-state index in [2.05, 4.69) is 11.8 Å². The molecule has 2 N–H and O–H groups in total. The van der Waals surface area contributed by atoms with Crippen molar-refractivity contribution in [2.24, 2.45) is 5.92 Å². The van der Waals surface area contributed by atoms with Crippen LogP contribution in [0.5, 0.6) is 0 Å². The Balaban J connectivity index is 1.71. The predicted octanol–water partition coefficient (Wildman–Crippen LogP) is 4.75. The van der Waals surface area contributed by atoms with Crippen LogP contribution in [0.4, 0.5) is 16.2 Å². The largest absolute Gasteiger partial charge is 0.383 e. The number of aryl methyl sites for hydroxylation is 1. The molecule has 1 aliphatic rings. The quantitative estimate of drug-likeness (QED) is 0.522. The van der Waals surface area contributed by atoms with Crippen molar-refractivity contribution in [3.05, 3.63) is 59.9 Å². The van der Waals surface area contributed by atoms with Crippen LogP contribution in [0.2, 0.25) is 0 Å². The van der Waals surface area contributed by atoms with Gasteiger partial charge in [0.15, 0.2) is 5.65 Å². The van der Waals surface area contributed by atoms with Gasteiger partial charge in [-0.2, -0.15) is 4.98 Å². The summed E-state index contributed by atoms with van der Waals surface area (Å²) < 4.78 is 15.3. The van der Waals surface area contributed by atoms with E-state index in [0.717, 1.165) is 42.7 Å². The average Bonchev–Trinajstić information content (AvgIpc) is 3.11. The molecule has 7 heteroatoms. The van der Waals surface area contributed by atoms with Crippen LogP contribution in [0.3, 0.4) is 0 Å². The molecule has 0 radical (unpaired) electrons. The smallest absolute Gasteiger partial charge is 0.228 e. The van der Waals surface area contributed by atoms with Gasteiger partial charge in [-0.15, -0.1) is 5.10 Å². The van der Waals surface area contributed by atoms with Gasteiger partial charge in [-0.1, -0.05) is 19.1 Å². The van der Waals surface area contributed by atoms with Gasteiger partial charge in [0.1, 0.15) is 11.6 Å². The molecular weight excluding hydrogens is 391 g/mol. The highest BCUT2D eigenvalue weighted by molar-refractivity contribution is 5.99. The Morgan fingerprint density at radius 1 is 1.03 bits per heavy atom. The zero-order chi connectivity index (χ0) is 21.5. The summed E-state index contributed by atoms with van der Waals surface area (Å²) in [5, 5.41) is 5.42. The Hall–Kier alpha value is -3.48. The second-order valence-corrected chi connectivity index (χ2v) is 8.38. The van der Waals surface area contributed by atoms with Crippen molar-refractivity contribution in [1.82, 2.24) is 19.7 Å². The Bertz CT molecular complexity index is 1240. The number of hydrogen-bond acceptors (Lipinski definition) is 5. The Morgan fingerprint density at radius 3 is 2.48 bits per heavy atom. The second-order valence-electron chi connectivity index (χ2n) is 8.38. The molecule has 3 heterocycles. The van der Waals surface area contributed by atoms with Crippen LogP contribution in [-0.2, 0) is 0 Å². The summed E-state index contributed by atoms with van der Waals surface area (Å²) in [6, 6.07) is 14.3. The molecule has 0 aliphatic carbocycles. The highest BCUT2D eigenvalue weighted by atomic mass is 19.1. The molecule has 2 aromatic carbocycles. The van der Waals surface area contributed by atoms with E-state index in [0.29, 0.717) is 34.4 Å². The molecule has 6 nitrogen and oxygen atoms in total. The predicted molar refractivity (Wildman–Crippen MR) is 122 cm³/mol. The van der Waals surface area contributed by atoms with Crippen molar-refractivity contribution in [1.29, 1.82) is 0 Å². The first-order valence-corrected chi connectivity index (χ1v) is 10.6. The Morgan fingerprint density at radius 2 is 1.77 bits per heavy atom. The summed E-state index contributed by atoms with van der Waals surface area (Å²) >= 11 is 0. The van der Waals surface area contributed by atoms with Crippen LogP contribution < -0.4 is 10.6 Å². The van der Waals surface area contributed by atoms with E-state index in [-0.39, 0.29) is 5.82 Å². The lowest BCUT2D eigenvalue weighted by Gasteiger charge is -2.30. The lowest BCUT2D eigenvalue weighted by atomic mass is 9.99. The Kier molecular flexibility index (Phi) is 4.81. The molecule has 2 aromatic heterocycles. The van der Waals surface area contributed by atoms with Gasteiger partial charge in [0.05, 0.1) is 16.8 Å². The highest BCUT2D eigenvalue weighted by Crippen LogP contribution is 2.34. The molecule has 0 spiro atoms. The molecule has 158 valence electrons. The second kappa shape index (κ2) is 7.65. The van der Waals surface area contributed by atoms with Gasteiger partial charge in [-0.3, -0.25) is 0 Å². The number of nitrogen functional groups attached to an aromatic ring is 1.